The number of hydrogen-bond donors (Lipinski definition) is 0. The summed E-state index contributed by atoms with van der Waals surface area (Å²) < 4.78 is 11.4. The van der Waals surface area contributed by atoms with E-state index in [0.717, 1.165) is 11.5 Å². The third-order valence-corrected chi connectivity index (χ3v) is 12.1. The zero-order chi connectivity index (χ0) is 22.9. The van der Waals surface area contributed by atoms with Gasteiger partial charge in [0.25, 0.3) is 0 Å². The van der Waals surface area contributed by atoms with E-state index >= 15 is 0 Å². The van der Waals surface area contributed by atoms with E-state index in [0.29, 0.717) is 0 Å². The van der Waals surface area contributed by atoms with Crippen LogP contribution in [0.4, 0.5) is 0 Å². The topological polar surface area (TPSA) is 18.5 Å². The second-order valence-corrected chi connectivity index (χ2v) is 12.2. The third-order valence-electron chi connectivity index (χ3n) is 7.02. The van der Waals surface area contributed by atoms with Crippen molar-refractivity contribution in [2.75, 3.05) is 14.2 Å². The Balaban J connectivity index is 0.00000306. The molecule has 36 heavy (non-hydrogen) atoms. The van der Waals surface area contributed by atoms with Crippen molar-refractivity contribution in [3.63, 3.8) is 0 Å². The molecule has 0 fully saturated rings. The van der Waals surface area contributed by atoms with Gasteiger partial charge in [-0.25, -0.2) is 0 Å². The molecule has 0 spiro atoms. The Morgan fingerprint density at radius 1 is 0.556 bits per heavy atom. The minimum atomic E-state index is -2.65. The van der Waals surface area contributed by atoms with Crippen molar-refractivity contribution in [3.05, 3.63) is 101 Å². The molecule has 0 N–H and O–H groups in total. The molecule has 7 heteroatoms. The van der Waals surface area contributed by atoms with Crippen LogP contribution in [0.1, 0.15) is 22.3 Å². The Hall–Kier alpha value is -1.59. The number of hydrogen-bond acceptors (Lipinski definition) is 2. The molecule has 0 saturated carbocycles. The number of rotatable bonds is 6. The monoisotopic (exact) mass is 592 g/mol. The quantitative estimate of drug-likeness (QED) is 0.127. The second kappa shape index (κ2) is 14.4. The van der Waals surface area contributed by atoms with Gasteiger partial charge in [-0.15, -0.1) is 5.19 Å². The summed E-state index contributed by atoms with van der Waals surface area (Å²) in [6.07, 6.45) is 0. The molecule has 0 atom stereocenters. The predicted octanol–water partition coefficient (Wildman–Crippen LogP) is -4.96. The number of ether oxygens (including phenoxy) is 2. The Bertz CT molecular complexity index is 1190. The van der Waals surface area contributed by atoms with Crippen LogP contribution in [0.3, 0.4) is 0 Å². The van der Waals surface area contributed by atoms with E-state index < -0.39 is 8.07 Å². The fourth-order valence-corrected chi connectivity index (χ4v) is 10.6. The van der Waals surface area contributed by atoms with Crippen LogP contribution in [-0.2, 0) is 21.7 Å². The number of methoxy groups -OCH3 is 2. The Morgan fingerprint density at radius 3 is 1.33 bits per heavy atom. The molecular formula is C29H31Cl3O2SiTi. The molecule has 0 aromatic heterocycles. The zero-order valence-electron chi connectivity index (χ0n) is 21.5. The average Bonchev–Trinajstić information content (AvgIpc) is 3.04. The number of halogens is 3. The van der Waals surface area contributed by atoms with Crippen LogP contribution in [-0.4, -0.2) is 22.3 Å². The van der Waals surface area contributed by atoms with Crippen LogP contribution in [0, 0.1) is 27.7 Å². The molecule has 0 saturated heterocycles. The molecule has 0 aliphatic rings. The Labute approximate surface area is 250 Å². The molecule has 0 unspecified atom stereocenters. The summed E-state index contributed by atoms with van der Waals surface area (Å²) in [6, 6.07) is 28.3. The molecule has 0 aliphatic heterocycles. The first-order chi connectivity index (χ1) is 15.4. The van der Waals surface area contributed by atoms with Gasteiger partial charge in [0.2, 0.25) is 0 Å². The molecular weight excluding hydrogens is 563 g/mol. The van der Waals surface area contributed by atoms with Gasteiger partial charge < -0.3 is 46.7 Å². The molecule has 4 aromatic carbocycles. The van der Waals surface area contributed by atoms with Crippen molar-refractivity contribution in [2.24, 2.45) is 0 Å². The summed E-state index contributed by atoms with van der Waals surface area (Å²) in [7, 11) is 0.825. The fraction of sp³-hybridized carbons (Fsp3) is 0.207. The van der Waals surface area contributed by atoms with Crippen molar-refractivity contribution in [3.8, 4) is 11.5 Å². The van der Waals surface area contributed by atoms with Crippen LogP contribution in [0.15, 0.2) is 78.9 Å². The van der Waals surface area contributed by atoms with E-state index in [2.05, 4.69) is 94.4 Å². The van der Waals surface area contributed by atoms with Crippen LogP contribution in [0.5, 0.6) is 11.5 Å². The predicted molar refractivity (Wildman–Crippen MR) is 138 cm³/mol. The van der Waals surface area contributed by atoms with E-state index in [1.54, 1.807) is 14.2 Å². The van der Waals surface area contributed by atoms with Crippen molar-refractivity contribution in [2.45, 2.75) is 27.7 Å². The molecule has 0 bridgehead atoms. The minimum Gasteiger partial charge on any atom is -1.00 e. The largest absolute Gasteiger partial charge is 4.00 e. The average molecular weight is 594 g/mol. The zero-order valence-corrected chi connectivity index (χ0v) is 26.3. The molecule has 0 amide bonds. The first-order valence-electron chi connectivity index (χ1n) is 11.0. The van der Waals surface area contributed by atoms with Gasteiger partial charge in [0.05, 0.1) is 14.2 Å². The van der Waals surface area contributed by atoms with Crippen molar-refractivity contribution in [1.29, 1.82) is 0 Å². The number of benzene rings is 3. The van der Waals surface area contributed by atoms with Crippen LogP contribution in [0.2, 0.25) is 0 Å². The standard InChI is InChI=1S/C29H31O2Si.3ClH.Ti/c1-20-21(2)23(4)29(22(20)3)32(26-14-8-7-9-15-26,27-16-10-12-24(18-27)30-5)28-17-11-13-25(19-28)31-6;;;;/h7-19H,1-6H3;3*1H;/q-1;;;;+4/p-3. The smallest absolute Gasteiger partial charge is 1.00 e. The minimum absolute atomic E-state index is 0. The van der Waals surface area contributed by atoms with Gasteiger partial charge >= 0.3 is 21.7 Å². The van der Waals surface area contributed by atoms with Gasteiger partial charge in [-0.2, -0.15) is 22.3 Å². The Morgan fingerprint density at radius 2 is 0.944 bits per heavy atom. The van der Waals surface area contributed by atoms with E-state index in [4.69, 9.17) is 9.47 Å². The first-order valence-corrected chi connectivity index (χ1v) is 13.0. The summed E-state index contributed by atoms with van der Waals surface area (Å²) >= 11 is 0. The SMILES string of the molecule is COc1cccc([Si](c2ccccc2)(c2cccc(OC)c2)[c-]2c(C)c(C)c(C)c2C)c1.[Cl-].[Cl-].[Cl-].[Ti+4]. The fourth-order valence-electron chi connectivity index (χ4n) is 5.12. The summed E-state index contributed by atoms with van der Waals surface area (Å²) in [6.45, 7) is 9.08. The molecule has 0 radical (unpaired) electrons. The Kier molecular flexibility index (Phi) is 13.7. The summed E-state index contributed by atoms with van der Waals surface area (Å²) in [4.78, 5) is 0. The van der Waals surface area contributed by atoms with Crippen LogP contribution < -0.4 is 67.4 Å². The van der Waals surface area contributed by atoms with Gasteiger partial charge in [-0.3, -0.25) is 0 Å². The third kappa shape index (κ3) is 5.78. The van der Waals surface area contributed by atoms with E-state index in [1.165, 1.54) is 43.0 Å². The van der Waals surface area contributed by atoms with Crippen LogP contribution >= 0.6 is 0 Å². The second-order valence-electron chi connectivity index (χ2n) is 8.45. The molecule has 4 aromatic rings. The van der Waals surface area contributed by atoms with Gasteiger partial charge in [0, 0.05) is 0 Å². The van der Waals surface area contributed by atoms with Gasteiger partial charge in [-0.1, -0.05) is 97.9 Å². The normalized spacial score (nSPS) is 10.2. The maximum atomic E-state index is 5.69. The van der Waals surface area contributed by atoms with Crippen molar-refractivity contribution >= 4 is 28.8 Å². The first kappa shape index (κ1) is 34.4. The van der Waals surface area contributed by atoms with Crippen molar-refractivity contribution in [1.82, 2.24) is 0 Å². The van der Waals surface area contributed by atoms with Gasteiger partial charge in [-0.05, 0) is 24.3 Å². The summed E-state index contributed by atoms with van der Waals surface area (Å²) in [5.74, 6) is 1.77. The van der Waals surface area contributed by atoms with Gasteiger partial charge in [0.15, 0.2) is 0 Å². The van der Waals surface area contributed by atoms with Gasteiger partial charge in [0.1, 0.15) is 19.6 Å². The van der Waals surface area contributed by atoms with E-state index in [1.807, 2.05) is 12.1 Å². The molecule has 0 heterocycles. The molecule has 0 aliphatic carbocycles. The van der Waals surface area contributed by atoms with E-state index in [9.17, 15) is 0 Å². The molecule has 4 rings (SSSR count). The maximum Gasteiger partial charge on any atom is 4.00 e. The van der Waals surface area contributed by atoms with E-state index in [-0.39, 0.29) is 58.9 Å². The maximum absolute atomic E-state index is 5.69. The van der Waals surface area contributed by atoms with Crippen LogP contribution in [0.25, 0.3) is 0 Å². The molecule has 2 nitrogen and oxygen atoms in total. The summed E-state index contributed by atoms with van der Waals surface area (Å²) in [5, 5.41) is 5.46. The molecule has 188 valence electrons. The van der Waals surface area contributed by atoms with Crippen molar-refractivity contribution < 1.29 is 68.4 Å². The summed E-state index contributed by atoms with van der Waals surface area (Å²) in [5.41, 5.74) is 5.55.